The Balaban J connectivity index is 0. The minimum Gasteiger partial charge on any atom is -0.358 e. The zero-order valence-corrected chi connectivity index (χ0v) is 35.2. The molecule has 0 saturated carbocycles. The van der Waals surface area contributed by atoms with Gasteiger partial charge in [0, 0.05) is 327 Å². The van der Waals surface area contributed by atoms with Crippen LogP contribution < -0.4 is 0 Å². The van der Waals surface area contributed by atoms with Crippen LogP contribution in [0.5, 0.6) is 0 Å². The third-order valence-corrected chi connectivity index (χ3v) is 0. The first-order chi connectivity index (χ1) is 0. The van der Waals surface area contributed by atoms with Crippen molar-refractivity contribution in [3.05, 3.63) is 7.43 Å². The Labute approximate surface area is 323 Å². The maximum Gasteiger partial charge on any atom is 0 e. The van der Waals surface area contributed by atoms with Crippen molar-refractivity contribution in [1.29, 1.82) is 0 Å². The van der Waals surface area contributed by atoms with Crippen molar-refractivity contribution in [3.8, 4) is 0 Å². The maximum atomic E-state index is 0. The first-order valence-corrected chi connectivity index (χ1v) is 0. The van der Waals surface area contributed by atoms with Gasteiger partial charge in [0.2, 0.25) is 0 Å². The Morgan fingerprint density at radius 1 is 0.182 bits per heavy atom. The molecule has 0 spiro atoms. The Kier molecular flexibility index (Phi) is 505. The second kappa shape index (κ2) is 69.3. The second-order valence-electron chi connectivity index (χ2n) is 0. The Bertz CT molecular complexity index is 4.83. The summed E-state index contributed by atoms with van der Waals surface area (Å²) >= 11 is 0. The van der Waals surface area contributed by atoms with Crippen molar-refractivity contribution in [1.82, 2.24) is 0 Å². The molecule has 38 valence electrons. The fourth-order valence-corrected chi connectivity index (χ4v) is 0. The van der Waals surface area contributed by atoms with Crippen LogP contribution in [0.4, 0.5) is 0 Å². The van der Waals surface area contributed by atoms with Gasteiger partial charge in [-0.3, -0.25) is 0 Å². The molecule has 0 amide bonds. The molecule has 0 saturated heterocycles. The van der Waals surface area contributed by atoms with Gasteiger partial charge in [0.1, 0.15) is 0 Å². The van der Waals surface area contributed by atoms with Crippen molar-refractivity contribution in [2.45, 2.75) is 0 Å². The molecule has 0 fully saturated rings. The quantitative estimate of drug-likeness (QED) is 0.310. The summed E-state index contributed by atoms with van der Waals surface area (Å²) in [6.45, 7) is 0. The van der Waals surface area contributed by atoms with Crippen molar-refractivity contribution in [2.75, 3.05) is 0 Å². The van der Waals surface area contributed by atoms with E-state index < -0.39 is 0 Å². The molecule has 0 aromatic rings. The largest absolute Gasteiger partial charge is 0.358 e. The van der Waals surface area contributed by atoms with Gasteiger partial charge in [-0.15, -0.1) is 0 Å². The summed E-state index contributed by atoms with van der Waals surface area (Å²) in [6.07, 6.45) is 0. The van der Waals surface area contributed by atoms with Gasteiger partial charge in [-0.25, -0.2) is 0 Å². The second-order valence-corrected chi connectivity index (χ2v) is 0. The maximum absolute atomic E-state index is 0. The van der Waals surface area contributed by atoms with Crippen molar-refractivity contribution in [2.24, 2.45) is 0 Å². The van der Waals surface area contributed by atoms with Crippen LogP contribution in [0.15, 0.2) is 0 Å². The number of rotatable bonds is 0. The van der Waals surface area contributed by atoms with E-state index in [4.69, 9.17) is 0 Å². The van der Waals surface area contributed by atoms with Crippen LogP contribution in [0.2, 0.25) is 0 Å². The Morgan fingerprint density at radius 3 is 0.182 bits per heavy atom. The van der Waals surface area contributed by atoms with Crippen LogP contribution in [0.25, 0.3) is 0 Å². The summed E-state index contributed by atoms with van der Waals surface area (Å²) in [7, 11) is 0. The smallest absolute Gasteiger partial charge is 0 e. The minimum atomic E-state index is 0. The van der Waals surface area contributed by atoms with E-state index in [1.54, 1.807) is 0 Å². The van der Waals surface area contributed by atoms with Gasteiger partial charge < -0.3 is 7.43 Å². The SMILES string of the molecule is [CH3-].[Y].[Y].[Y].[Y].[Y].[Y].[Y].[Y].[Y].[Y]. The molecule has 0 aromatic carbocycles. The first kappa shape index (κ1) is 80.1. The molecule has 0 N–H and O–H groups in total. The molecule has 0 heterocycles. The summed E-state index contributed by atoms with van der Waals surface area (Å²) in [5.74, 6) is 0. The molecule has 10 radical (unpaired) electrons. The first-order valence-electron chi connectivity index (χ1n) is 0. The zero-order chi connectivity index (χ0) is 0. The normalized spacial score (nSPS) is 0. The van der Waals surface area contributed by atoms with Gasteiger partial charge in [0.15, 0.2) is 0 Å². The van der Waals surface area contributed by atoms with E-state index in [1.165, 1.54) is 0 Å². The summed E-state index contributed by atoms with van der Waals surface area (Å²) in [4.78, 5) is 0. The molecule has 0 aliphatic carbocycles. The van der Waals surface area contributed by atoms with Crippen LogP contribution in [-0.2, 0) is 327 Å². The van der Waals surface area contributed by atoms with Crippen molar-refractivity contribution >= 4 is 0 Å². The molecule has 0 aromatic heterocycles. The van der Waals surface area contributed by atoms with Crippen molar-refractivity contribution in [3.63, 3.8) is 0 Å². The van der Waals surface area contributed by atoms with E-state index in [0.29, 0.717) is 0 Å². The monoisotopic (exact) mass is 904 g/mol. The van der Waals surface area contributed by atoms with Crippen LogP contribution in [0, 0.1) is 7.43 Å². The number of hydrogen-bond donors (Lipinski definition) is 0. The van der Waals surface area contributed by atoms with E-state index >= 15 is 0 Å². The van der Waals surface area contributed by atoms with Crippen LogP contribution in [0.3, 0.4) is 0 Å². The molecule has 0 aliphatic heterocycles. The molecule has 10 heteroatoms. The third-order valence-electron chi connectivity index (χ3n) is 0. The number of hydrogen-bond acceptors (Lipinski definition) is 0. The summed E-state index contributed by atoms with van der Waals surface area (Å²) in [6, 6.07) is 0. The molecule has 0 atom stereocenters. The summed E-state index contributed by atoms with van der Waals surface area (Å²) in [5.41, 5.74) is 0. The molecular formula is CH3Y10-. The average molecular weight is 904 g/mol. The van der Waals surface area contributed by atoms with Crippen LogP contribution >= 0.6 is 0 Å². The molecule has 0 aliphatic rings. The summed E-state index contributed by atoms with van der Waals surface area (Å²) < 4.78 is 0. The Morgan fingerprint density at radius 2 is 0.182 bits per heavy atom. The zero-order valence-electron chi connectivity index (χ0n) is 6.77. The molecule has 0 unspecified atom stereocenters. The predicted molar refractivity (Wildman–Crippen MR) is 6.41 cm³/mol. The minimum absolute atomic E-state index is 0. The van der Waals surface area contributed by atoms with E-state index in [2.05, 4.69) is 0 Å². The predicted octanol–water partition coefficient (Wildman–Crippen LogP) is 0.425. The topological polar surface area (TPSA) is 0 Å². The van der Waals surface area contributed by atoms with E-state index in [9.17, 15) is 0 Å². The third kappa shape index (κ3) is 62.6. The summed E-state index contributed by atoms with van der Waals surface area (Å²) in [5, 5.41) is 0. The fourth-order valence-electron chi connectivity index (χ4n) is 0. The van der Waals surface area contributed by atoms with E-state index in [-0.39, 0.29) is 335 Å². The van der Waals surface area contributed by atoms with Gasteiger partial charge >= 0.3 is 0 Å². The molecule has 11 heavy (non-hydrogen) atoms. The van der Waals surface area contributed by atoms with Crippen molar-refractivity contribution < 1.29 is 327 Å². The van der Waals surface area contributed by atoms with Crippen LogP contribution in [-0.4, -0.2) is 0 Å². The van der Waals surface area contributed by atoms with Gasteiger partial charge in [0.05, 0.1) is 0 Å². The standard InChI is InChI=1S/CH3.10Y/h1H3;;;;;;;;;;/q-1;;;;;;;;;;. The van der Waals surface area contributed by atoms with Gasteiger partial charge in [0.25, 0.3) is 0 Å². The van der Waals surface area contributed by atoms with Gasteiger partial charge in [-0.1, -0.05) is 0 Å². The molecular weight excluding hydrogens is 901 g/mol. The van der Waals surface area contributed by atoms with E-state index in [1.807, 2.05) is 0 Å². The fraction of sp³-hybridized carbons (Fsp3) is 0. The molecule has 0 nitrogen and oxygen atoms in total. The van der Waals surface area contributed by atoms with Gasteiger partial charge in [-0.2, -0.15) is 0 Å². The Hall–Kier alpha value is 11.0. The van der Waals surface area contributed by atoms with Gasteiger partial charge in [-0.05, 0) is 0 Å². The van der Waals surface area contributed by atoms with E-state index in [0.717, 1.165) is 0 Å². The van der Waals surface area contributed by atoms with Crippen LogP contribution in [0.1, 0.15) is 0 Å². The molecule has 0 bridgehead atoms. The molecule has 0 rings (SSSR count). The average Bonchev–Trinajstić information content (AvgIpc) is 0.